The number of pyridine rings is 1. The number of hydrogen-bond acceptors (Lipinski definition) is 1. The van der Waals surface area contributed by atoms with E-state index in [1.807, 2.05) is 6.07 Å². The van der Waals surface area contributed by atoms with Crippen molar-refractivity contribution in [3.63, 3.8) is 0 Å². The van der Waals surface area contributed by atoms with Crippen molar-refractivity contribution in [2.75, 3.05) is 0 Å². The number of aromatic nitrogens is 1. The Morgan fingerprint density at radius 2 is 1.62 bits per heavy atom. The van der Waals surface area contributed by atoms with Crippen molar-refractivity contribution in [1.29, 1.82) is 0 Å². The zero-order chi connectivity index (χ0) is 16.9. The number of halogens is 2. The van der Waals surface area contributed by atoms with Gasteiger partial charge in [-0.05, 0) is 41.9 Å². The molecule has 1 nitrogen and oxygen atoms in total. The second-order valence-corrected chi connectivity index (χ2v) is 7.79. The highest BCUT2D eigenvalue weighted by Gasteiger charge is 2.19. The Labute approximate surface area is 155 Å². The summed E-state index contributed by atoms with van der Waals surface area (Å²) in [4.78, 5) is 4.12. The molecule has 1 aliphatic rings. The molecular weight excluding hydrogens is 337 g/mol. The average molecular weight is 362 g/mol. The van der Waals surface area contributed by atoms with E-state index >= 15 is 0 Å². The lowest BCUT2D eigenvalue weighted by Gasteiger charge is -2.27. The molecule has 0 N–H and O–H groups in total. The largest absolute Gasteiger partial charge is 0.242 e. The standard InChI is InChI=1S/C21H25Cl2N/c1-2-15-3-5-16(6-4-15)7-8-17-9-11-18(12-10-17)19-13-20(22)21(23)24-14-19/h9-16H,2-8H2,1H3. The van der Waals surface area contributed by atoms with Gasteiger partial charge in [0.25, 0.3) is 0 Å². The minimum absolute atomic E-state index is 0.356. The molecule has 3 heteroatoms. The number of hydrogen-bond donors (Lipinski definition) is 0. The van der Waals surface area contributed by atoms with Gasteiger partial charge in [-0.3, -0.25) is 0 Å². The molecule has 1 fully saturated rings. The highest BCUT2D eigenvalue weighted by Crippen LogP contribution is 2.33. The maximum absolute atomic E-state index is 6.06. The van der Waals surface area contributed by atoms with E-state index in [0.29, 0.717) is 10.2 Å². The summed E-state index contributed by atoms with van der Waals surface area (Å²) in [6.45, 7) is 2.33. The van der Waals surface area contributed by atoms with Gasteiger partial charge in [0.2, 0.25) is 0 Å². The first kappa shape index (κ1) is 17.8. The second-order valence-electron chi connectivity index (χ2n) is 7.03. The molecule has 0 bridgehead atoms. The van der Waals surface area contributed by atoms with Crippen molar-refractivity contribution in [3.05, 3.63) is 52.3 Å². The Balaban J connectivity index is 1.56. The summed E-state index contributed by atoms with van der Waals surface area (Å²) in [5.41, 5.74) is 3.56. The molecule has 0 spiro atoms. The number of nitrogens with zero attached hydrogens (tertiary/aromatic N) is 1. The summed E-state index contributed by atoms with van der Waals surface area (Å²) in [6.07, 6.45) is 11.4. The van der Waals surface area contributed by atoms with E-state index in [9.17, 15) is 0 Å². The Morgan fingerprint density at radius 3 is 2.25 bits per heavy atom. The summed E-state index contributed by atoms with van der Waals surface area (Å²) in [7, 11) is 0. The van der Waals surface area contributed by atoms with Gasteiger partial charge in [0.1, 0.15) is 5.15 Å². The smallest absolute Gasteiger partial charge is 0.147 e. The van der Waals surface area contributed by atoms with Gasteiger partial charge in [-0.1, -0.05) is 86.5 Å². The van der Waals surface area contributed by atoms with E-state index in [0.717, 1.165) is 23.0 Å². The fraction of sp³-hybridized carbons (Fsp3) is 0.476. The van der Waals surface area contributed by atoms with Crippen LogP contribution in [-0.4, -0.2) is 4.98 Å². The zero-order valence-corrected chi connectivity index (χ0v) is 15.8. The van der Waals surface area contributed by atoms with Crippen LogP contribution in [0, 0.1) is 11.8 Å². The molecule has 0 radical (unpaired) electrons. The van der Waals surface area contributed by atoms with Gasteiger partial charge in [0.15, 0.2) is 0 Å². The molecule has 24 heavy (non-hydrogen) atoms. The molecule has 0 aliphatic heterocycles. The molecule has 1 heterocycles. The predicted molar refractivity (Wildman–Crippen MR) is 104 cm³/mol. The quantitative estimate of drug-likeness (QED) is 0.512. The van der Waals surface area contributed by atoms with Gasteiger partial charge >= 0.3 is 0 Å². The molecule has 1 saturated carbocycles. The van der Waals surface area contributed by atoms with E-state index in [4.69, 9.17) is 23.2 Å². The molecule has 1 aromatic carbocycles. The van der Waals surface area contributed by atoms with Crippen LogP contribution in [0.2, 0.25) is 10.2 Å². The summed E-state index contributed by atoms with van der Waals surface area (Å²) < 4.78 is 0. The Hall–Kier alpha value is -1.05. The average Bonchev–Trinajstić information content (AvgIpc) is 2.63. The van der Waals surface area contributed by atoms with Crippen LogP contribution in [0.3, 0.4) is 0 Å². The monoisotopic (exact) mass is 361 g/mol. The third-order valence-corrected chi connectivity index (χ3v) is 6.15. The minimum Gasteiger partial charge on any atom is -0.242 e. The minimum atomic E-state index is 0.356. The summed E-state index contributed by atoms with van der Waals surface area (Å²) >= 11 is 11.9. The van der Waals surface area contributed by atoms with Crippen molar-refractivity contribution >= 4 is 23.2 Å². The van der Waals surface area contributed by atoms with Crippen molar-refractivity contribution in [3.8, 4) is 11.1 Å². The number of benzene rings is 1. The van der Waals surface area contributed by atoms with E-state index in [2.05, 4.69) is 36.2 Å². The van der Waals surface area contributed by atoms with Gasteiger partial charge in [0, 0.05) is 11.8 Å². The van der Waals surface area contributed by atoms with Crippen LogP contribution in [0.5, 0.6) is 0 Å². The number of rotatable bonds is 5. The maximum Gasteiger partial charge on any atom is 0.147 e. The molecule has 1 aromatic heterocycles. The number of aryl methyl sites for hydroxylation is 1. The topological polar surface area (TPSA) is 12.9 Å². The maximum atomic E-state index is 6.06. The molecule has 128 valence electrons. The third-order valence-electron chi connectivity index (χ3n) is 5.47. The lowest BCUT2D eigenvalue weighted by Crippen LogP contribution is -2.14. The summed E-state index contributed by atoms with van der Waals surface area (Å²) in [6, 6.07) is 10.7. The van der Waals surface area contributed by atoms with Crippen LogP contribution in [0.25, 0.3) is 11.1 Å². The molecular formula is C21H25Cl2N. The molecule has 0 atom stereocenters. The zero-order valence-electron chi connectivity index (χ0n) is 14.3. The van der Waals surface area contributed by atoms with Crippen LogP contribution in [-0.2, 0) is 6.42 Å². The Morgan fingerprint density at radius 1 is 0.958 bits per heavy atom. The van der Waals surface area contributed by atoms with Crippen LogP contribution in [0.4, 0.5) is 0 Å². The SMILES string of the molecule is CCC1CCC(CCc2ccc(-c3cnc(Cl)c(Cl)c3)cc2)CC1. The van der Waals surface area contributed by atoms with Crippen molar-refractivity contribution < 1.29 is 0 Å². The van der Waals surface area contributed by atoms with Crippen LogP contribution >= 0.6 is 23.2 Å². The van der Waals surface area contributed by atoms with Crippen LogP contribution < -0.4 is 0 Å². The van der Waals surface area contributed by atoms with Gasteiger partial charge < -0.3 is 0 Å². The van der Waals surface area contributed by atoms with Crippen molar-refractivity contribution in [2.24, 2.45) is 11.8 Å². The van der Waals surface area contributed by atoms with Crippen LogP contribution in [0.1, 0.15) is 51.0 Å². The third kappa shape index (κ3) is 4.52. The fourth-order valence-corrected chi connectivity index (χ4v) is 4.01. The van der Waals surface area contributed by atoms with E-state index < -0.39 is 0 Å². The highest BCUT2D eigenvalue weighted by atomic mass is 35.5. The molecule has 3 rings (SSSR count). The van der Waals surface area contributed by atoms with E-state index in [-0.39, 0.29) is 0 Å². The fourth-order valence-electron chi connectivity index (χ4n) is 3.74. The highest BCUT2D eigenvalue weighted by molar-refractivity contribution is 6.41. The van der Waals surface area contributed by atoms with Gasteiger partial charge in [-0.2, -0.15) is 0 Å². The van der Waals surface area contributed by atoms with Gasteiger partial charge in [-0.15, -0.1) is 0 Å². The first-order chi connectivity index (χ1) is 11.7. The lowest BCUT2D eigenvalue weighted by atomic mass is 9.78. The second kappa shape index (κ2) is 8.36. The molecule has 2 aromatic rings. The lowest BCUT2D eigenvalue weighted by molar-refractivity contribution is 0.259. The first-order valence-electron chi connectivity index (χ1n) is 9.06. The van der Waals surface area contributed by atoms with Crippen molar-refractivity contribution in [2.45, 2.75) is 51.9 Å². The predicted octanol–water partition coefficient (Wildman–Crippen LogP) is 7.20. The molecule has 0 saturated heterocycles. The molecule has 0 amide bonds. The Kier molecular flexibility index (Phi) is 6.19. The molecule has 0 unspecified atom stereocenters. The van der Waals surface area contributed by atoms with E-state index in [1.54, 1.807) is 6.20 Å². The van der Waals surface area contributed by atoms with Gasteiger partial charge in [-0.25, -0.2) is 4.98 Å². The molecule has 1 aliphatic carbocycles. The van der Waals surface area contributed by atoms with Gasteiger partial charge in [0.05, 0.1) is 5.02 Å². The first-order valence-corrected chi connectivity index (χ1v) is 9.81. The summed E-state index contributed by atoms with van der Waals surface area (Å²) in [5.74, 6) is 1.91. The Bertz CT molecular complexity index is 658. The van der Waals surface area contributed by atoms with Crippen LogP contribution in [0.15, 0.2) is 36.5 Å². The van der Waals surface area contributed by atoms with Crippen molar-refractivity contribution in [1.82, 2.24) is 4.98 Å². The normalized spacial score (nSPS) is 21.0. The summed E-state index contributed by atoms with van der Waals surface area (Å²) in [5, 5.41) is 0.857. The van der Waals surface area contributed by atoms with E-state index in [1.165, 1.54) is 50.5 Å².